The molecule has 0 radical (unpaired) electrons. The van der Waals surface area contributed by atoms with Gasteiger partial charge in [0.1, 0.15) is 5.75 Å². The number of hydrogen-bond acceptors (Lipinski definition) is 4. The predicted molar refractivity (Wildman–Crippen MR) is 134 cm³/mol. The van der Waals surface area contributed by atoms with Crippen molar-refractivity contribution in [2.45, 2.75) is 45.4 Å². The third-order valence-corrected chi connectivity index (χ3v) is 6.79. The van der Waals surface area contributed by atoms with E-state index in [4.69, 9.17) is 4.74 Å². The van der Waals surface area contributed by atoms with E-state index in [1.807, 2.05) is 24.3 Å². The smallest absolute Gasteiger partial charge is 0.159 e. The summed E-state index contributed by atoms with van der Waals surface area (Å²) in [6.45, 7) is 9.19. The Bertz CT molecular complexity index is 1050. The summed E-state index contributed by atoms with van der Waals surface area (Å²) in [5.74, 6) is 0.999. The Hall–Kier alpha value is -2.95. The van der Waals surface area contributed by atoms with E-state index in [-0.39, 0.29) is 11.8 Å². The van der Waals surface area contributed by atoms with Crippen molar-refractivity contribution >= 4 is 5.78 Å². The van der Waals surface area contributed by atoms with E-state index < -0.39 is 0 Å². The van der Waals surface area contributed by atoms with Crippen LogP contribution in [0, 0.1) is 0 Å². The van der Waals surface area contributed by atoms with E-state index in [2.05, 4.69) is 78.2 Å². The fourth-order valence-corrected chi connectivity index (χ4v) is 4.88. The van der Waals surface area contributed by atoms with Crippen LogP contribution in [0.5, 0.6) is 5.75 Å². The van der Waals surface area contributed by atoms with E-state index in [9.17, 15) is 4.79 Å². The van der Waals surface area contributed by atoms with Crippen molar-refractivity contribution < 1.29 is 9.53 Å². The number of Topliss-reactive ketones (excluding diaryl/α,β-unsaturated/α-hetero) is 1. The lowest BCUT2D eigenvalue weighted by Crippen LogP contribution is -2.56. The van der Waals surface area contributed by atoms with Crippen LogP contribution in [0.1, 0.15) is 53.9 Å². The molecule has 1 aliphatic rings. The molecule has 3 unspecified atom stereocenters. The molecule has 3 aromatic carbocycles. The van der Waals surface area contributed by atoms with Crippen molar-refractivity contribution in [2.75, 3.05) is 20.2 Å². The monoisotopic (exact) mass is 442 g/mol. The number of carbonyl (C=O) groups is 1. The molecule has 172 valence electrons. The lowest BCUT2D eigenvalue weighted by atomic mass is 9.92. The standard InChI is InChI=1S/C29H34N2O2/c1-21-19-31(22(2)18-30(21)20-24-10-16-28(33-4)17-11-24)29(26-8-6-5-7-9-26)27-14-12-25(13-15-27)23(3)32/h5-17,21-22,29H,18-20H2,1-4H3. The van der Waals surface area contributed by atoms with Crippen molar-refractivity contribution in [1.82, 2.24) is 9.80 Å². The van der Waals surface area contributed by atoms with Crippen molar-refractivity contribution in [3.63, 3.8) is 0 Å². The molecule has 3 atom stereocenters. The van der Waals surface area contributed by atoms with Gasteiger partial charge in [0.2, 0.25) is 0 Å². The van der Waals surface area contributed by atoms with E-state index in [0.29, 0.717) is 12.1 Å². The Morgan fingerprint density at radius 3 is 2.12 bits per heavy atom. The quantitative estimate of drug-likeness (QED) is 0.447. The highest BCUT2D eigenvalue weighted by molar-refractivity contribution is 5.94. The number of piperazine rings is 1. The van der Waals surface area contributed by atoms with Crippen LogP contribution < -0.4 is 4.74 Å². The van der Waals surface area contributed by atoms with Crippen LogP contribution in [0.15, 0.2) is 78.9 Å². The normalized spacial score (nSPS) is 20.4. The molecule has 1 aliphatic heterocycles. The number of rotatable bonds is 7. The number of ketones is 1. The molecule has 3 aromatic rings. The molecule has 1 heterocycles. The van der Waals surface area contributed by atoms with Gasteiger partial charge in [0.05, 0.1) is 13.2 Å². The molecule has 4 heteroatoms. The second-order valence-corrected chi connectivity index (χ2v) is 9.16. The summed E-state index contributed by atoms with van der Waals surface area (Å²) in [6, 6.07) is 28.2. The van der Waals surface area contributed by atoms with Crippen molar-refractivity contribution in [3.8, 4) is 5.75 Å². The largest absolute Gasteiger partial charge is 0.497 e. The van der Waals surface area contributed by atoms with Crippen LogP contribution in [0.3, 0.4) is 0 Å². The van der Waals surface area contributed by atoms with Gasteiger partial charge in [0, 0.05) is 37.3 Å². The summed E-state index contributed by atoms with van der Waals surface area (Å²) in [6.07, 6.45) is 0. The van der Waals surface area contributed by atoms with Crippen LogP contribution in [-0.4, -0.2) is 47.9 Å². The molecule has 0 bridgehead atoms. The maximum absolute atomic E-state index is 11.8. The van der Waals surface area contributed by atoms with Gasteiger partial charge in [-0.3, -0.25) is 14.6 Å². The maximum atomic E-state index is 11.8. The topological polar surface area (TPSA) is 32.8 Å². The molecule has 1 fully saturated rings. The van der Waals surface area contributed by atoms with Gasteiger partial charge in [-0.1, -0.05) is 66.7 Å². The van der Waals surface area contributed by atoms with E-state index in [1.165, 1.54) is 16.7 Å². The Kier molecular flexibility index (Phi) is 7.26. The number of methoxy groups -OCH3 is 1. The zero-order valence-corrected chi connectivity index (χ0v) is 20.1. The van der Waals surface area contributed by atoms with Gasteiger partial charge in [-0.25, -0.2) is 0 Å². The van der Waals surface area contributed by atoms with Gasteiger partial charge in [-0.2, -0.15) is 0 Å². The van der Waals surface area contributed by atoms with Crippen LogP contribution in [-0.2, 0) is 6.54 Å². The molecule has 0 amide bonds. The first-order chi connectivity index (χ1) is 16.0. The van der Waals surface area contributed by atoms with E-state index in [1.54, 1.807) is 14.0 Å². The van der Waals surface area contributed by atoms with Gasteiger partial charge < -0.3 is 4.74 Å². The van der Waals surface area contributed by atoms with Crippen molar-refractivity contribution in [2.24, 2.45) is 0 Å². The molecule has 1 saturated heterocycles. The van der Waals surface area contributed by atoms with Gasteiger partial charge in [0.25, 0.3) is 0 Å². The second-order valence-electron chi connectivity index (χ2n) is 9.16. The number of nitrogens with zero attached hydrogens (tertiary/aromatic N) is 2. The van der Waals surface area contributed by atoms with Crippen LogP contribution in [0.25, 0.3) is 0 Å². The minimum atomic E-state index is 0.104. The van der Waals surface area contributed by atoms with Gasteiger partial charge in [-0.15, -0.1) is 0 Å². The van der Waals surface area contributed by atoms with E-state index >= 15 is 0 Å². The molecule has 33 heavy (non-hydrogen) atoms. The molecular formula is C29H34N2O2. The van der Waals surface area contributed by atoms with Crippen LogP contribution in [0.4, 0.5) is 0 Å². The summed E-state index contributed by atoms with van der Waals surface area (Å²) in [4.78, 5) is 17.0. The fraction of sp³-hybridized carbons (Fsp3) is 0.345. The lowest BCUT2D eigenvalue weighted by Gasteiger charge is -2.47. The molecule has 0 aromatic heterocycles. The first kappa shape index (κ1) is 23.2. The molecule has 0 saturated carbocycles. The van der Waals surface area contributed by atoms with Gasteiger partial charge >= 0.3 is 0 Å². The molecular weight excluding hydrogens is 408 g/mol. The molecule has 4 nitrogen and oxygen atoms in total. The summed E-state index contributed by atoms with van der Waals surface area (Å²) < 4.78 is 5.30. The highest BCUT2D eigenvalue weighted by atomic mass is 16.5. The Morgan fingerprint density at radius 2 is 1.52 bits per heavy atom. The highest BCUT2D eigenvalue weighted by Crippen LogP contribution is 2.34. The Balaban J connectivity index is 1.57. The first-order valence-corrected chi connectivity index (χ1v) is 11.7. The van der Waals surface area contributed by atoms with E-state index in [0.717, 1.165) is 30.9 Å². The number of benzene rings is 3. The third-order valence-electron chi connectivity index (χ3n) is 6.79. The van der Waals surface area contributed by atoms with Crippen molar-refractivity contribution in [1.29, 1.82) is 0 Å². The minimum absolute atomic E-state index is 0.104. The minimum Gasteiger partial charge on any atom is -0.497 e. The Labute approximate surface area is 197 Å². The zero-order valence-electron chi connectivity index (χ0n) is 20.1. The van der Waals surface area contributed by atoms with Crippen molar-refractivity contribution in [3.05, 3.63) is 101 Å². The van der Waals surface area contributed by atoms with Gasteiger partial charge in [-0.05, 0) is 49.6 Å². The summed E-state index contributed by atoms with van der Waals surface area (Å²) >= 11 is 0. The third kappa shape index (κ3) is 5.35. The van der Waals surface area contributed by atoms with Crippen LogP contribution >= 0.6 is 0 Å². The molecule has 0 N–H and O–H groups in total. The average Bonchev–Trinajstić information content (AvgIpc) is 2.84. The summed E-state index contributed by atoms with van der Waals surface area (Å²) in [5, 5.41) is 0. The number of ether oxygens (including phenoxy) is 1. The predicted octanol–water partition coefficient (Wildman–Crippen LogP) is 5.58. The summed E-state index contributed by atoms with van der Waals surface area (Å²) in [5.41, 5.74) is 4.59. The van der Waals surface area contributed by atoms with Gasteiger partial charge in [0.15, 0.2) is 5.78 Å². The average molecular weight is 443 g/mol. The number of carbonyl (C=O) groups excluding carboxylic acids is 1. The first-order valence-electron chi connectivity index (χ1n) is 11.7. The molecule has 0 aliphatic carbocycles. The molecule has 0 spiro atoms. The van der Waals surface area contributed by atoms with Crippen LogP contribution in [0.2, 0.25) is 0 Å². The maximum Gasteiger partial charge on any atom is 0.159 e. The zero-order chi connectivity index (χ0) is 23.4. The highest BCUT2D eigenvalue weighted by Gasteiger charge is 2.34. The molecule has 4 rings (SSSR count). The number of hydrogen-bond donors (Lipinski definition) is 0. The second kappa shape index (κ2) is 10.3. The Morgan fingerprint density at radius 1 is 0.879 bits per heavy atom. The fourth-order valence-electron chi connectivity index (χ4n) is 4.88. The lowest BCUT2D eigenvalue weighted by molar-refractivity contribution is 0.0195. The summed E-state index contributed by atoms with van der Waals surface area (Å²) in [7, 11) is 1.70. The SMILES string of the molecule is COc1ccc(CN2CC(C)N(C(c3ccccc3)c3ccc(C(C)=O)cc3)CC2C)cc1.